The molecule has 0 aliphatic carbocycles. The van der Waals surface area contributed by atoms with Gasteiger partial charge in [-0.05, 0) is 48.0 Å². The van der Waals surface area contributed by atoms with Crippen LogP contribution in [-0.2, 0) is 26.2 Å². The summed E-state index contributed by atoms with van der Waals surface area (Å²) in [5.74, 6) is 1.42. The van der Waals surface area contributed by atoms with E-state index in [1.807, 2.05) is 18.2 Å². The van der Waals surface area contributed by atoms with Gasteiger partial charge < -0.3 is 15.1 Å². The van der Waals surface area contributed by atoms with Gasteiger partial charge in [-0.2, -0.15) is 0 Å². The molecule has 0 amide bonds. The van der Waals surface area contributed by atoms with Crippen molar-refractivity contribution < 1.29 is 8.81 Å². The van der Waals surface area contributed by atoms with Gasteiger partial charge in [0.15, 0.2) is 5.96 Å². The van der Waals surface area contributed by atoms with E-state index in [1.54, 1.807) is 25.4 Å². The third-order valence-electron chi connectivity index (χ3n) is 4.61. The molecule has 0 bridgehead atoms. The third-order valence-corrected chi connectivity index (χ3v) is 4.61. The fourth-order valence-corrected chi connectivity index (χ4v) is 3.09. The lowest BCUT2D eigenvalue weighted by atomic mass is 10.1. The molecule has 0 radical (unpaired) electrons. The van der Waals surface area contributed by atoms with Crippen molar-refractivity contribution >= 4 is 29.9 Å². The quantitative estimate of drug-likeness (QED) is 0.259. The Kier molecular flexibility index (Phi) is 9.82. The minimum atomic E-state index is -0.232. The summed E-state index contributed by atoms with van der Waals surface area (Å²) in [6, 6.07) is 18.7. The van der Waals surface area contributed by atoms with Crippen molar-refractivity contribution in [3.63, 3.8) is 0 Å². The van der Waals surface area contributed by atoms with E-state index in [-0.39, 0.29) is 29.8 Å². The molecule has 2 aromatic carbocycles. The second kappa shape index (κ2) is 12.3. The third kappa shape index (κ3) is 7.46. The Labute approximate surface area is 194 Å². The molecule has 30 heavy (non-hydrogen) atoms. The predicted octanol–water partition coefficient (Wildman–Crippen LogP) is 4.53. The van der Waals surface area contributed by atoms with Gasteiger partial charge in [-0.25, -0.2) is 4.39 Å². The molecule has 1 heterocycles. The molecule has 0 saturated heterocycles. The standard InChI is InChI=1S/C23H27FN4O.HI/c1-25-23(26-14-18-9-11-21(24)12-10-18)27-15-19-6-3-4-7-20(19)16-28(2)17-22-8-5-13-29-22;/h3-13H,14-17H2,1-2H3,(H2,25,26,27);1H. The topological polar surface area (TPSA) is 52.8 Å². The van der Waals surface area contributed by atoms with Crippen LogP contribution in [-0.4, -0.2) is 25.0 Å². The lowest BCUT2D eigenvalue weighted by Gasteiger charge is -2.19. The molecule has 160 valence electrons. The van der Waals surface area contributed by atoms with Crippen LogP contribution in [0, 0.1) is 5.82 Å². The molecule has 5 nitrogen and oxygen atoms in total. The summed E-state index contributed by atoms with van der Waals surface area (Å²) < 4.78 is 18.5. The van der Waals surface area contributed by atoms with Gasteiger partial charge in [0, 0.05) is 26.7 Å². The molecular weight excluding hydrogens is 494 g/mol. The molecule has 3 rings (SSSR count). The predicted molar refractivity (Wildman–Crippen MR) is 129 cm³/mol. The number of guanidine groups is 1. The number of hydrogen-bond acceptors (Lipinski definition) is 3. The van der Waals surface area contributed by atoms with E-state index in [2.05, 4.69) is 45.8 Å². The highest BCUT2D eigenvalue weighted by atomic mass is 127. The molecule has 0 spiro atoms. The number of rotatable bonds is 8. The normalized spacial score (nSPS) is 11.3. The Bertz CT molecular complexity index is 913. The average molecular weight is 522 g/mol. The lowest BCUT2D eigenvalue weighted by molar-refractivity contribution is 0.287. The first-order valence-corrected chi connectivity index (χ1v) is 9.60. The van der Waals surface area contributed by atoms with Gasteiger partial charge in [0.05, 0.1) is 12.8 Å². The van der Waals surface area contributed by atoms with Crippen molar-refractivity contribution in [2.45, 2.75) is 26.2 Å². The minimum absolute atomic E-state index is 0. The molecule has 2 N–H and O–H groups in total. The summed E-state index contributed by atoms with van der Waals surface area (Å²) in [4.78, 5) is 6.50. The Morgan fingerprint density at radius 3 is 2.30 bits per heavy atom. The van der Waals surface area contributed by atoms with Gasteiger partial charge in [0.2, 0.25) is 0 Å². The first-order valence-electron chi connectivity index (χ1n) is 9.60. The van der Waals surface area contributed by atoms with E-state index >= 15 is 0 Å². The second-order valence-electron chi connectivity index (χ2n) is 6.93. The van der Waals surface area contributed by atoms with E-state index in [0.29, 0.717) is 19.0 Å². The molecule has 0 aliphatic heterocycles. The number of hydrogen-bond donors (Lipinski definition) is 2. The van der Waals surface area contributed by atoms with Crippen molar-refractivity contribution in [2.24, 2.45) is 4.99 Å². The van der Waals surface area contributed by atoms with Crippen LogP contribution in [0.25, 0.3) is 0 Å². The zero-order chi connectivity index (χ0) is 20.5. The van der Waals surface area contributed by atoms with Crippen LogP contribution in [0.15, 0.2) is 76.3 Å². The van der Waals surface area contributed by atoms with Crippen LogP contribution >= 0.6 is 24.0 Å². The Balaban J connectivity index is 0.00000320. The fourth-order valence-electron chi connectivity index (χ4n) is 3.09. The summed E-state index contributed by atoms with van der Waals surface area (Å²) >= 11 is 0. The maximum atomic E-state index is 13.0. The molecule has 0 unspecified atom stereocenters. The van der Waals surface area contributed by atoms with Gasteiger partial charge in [-0.15, -0.1) is 24.0 Å². The molecule has 0 saturated carbocycles. The number of halogens is 2. The number of nitrogens with zero attached hydrogens (tertiary/aromatic N) is 2. The maximum Gasteiger partial charge on any atom is 0.191 e. The second-order valence-corrected chi connectivity index (χ2v) is 6.93. The zero-order valence-electron chi connectivity index (χ0n) is 17.3. The molecule has 0 fully saturated rings. The largest absolute Gasteiger partial charge is 0.468 e. The molecular formula is C23H28FIN4O. The van der Waals surface area contributed by atoms with Gasteiger partial charge in [0.25, 0.3) is 0 Å². The average Bonchev–Trinajstić information content (AvgIpc) is 3.23. The van der Waals surface area contributed by atoms with Crippen LogP contribution in [0.2, 0.25) is 0 Å². The van der Waals surface area contributed by atoms with Gasteiger partial charge in [0.1, 0.15) is 11.6 Å². The first kappa shape index (κ1) is 23.9. The van der Waals surface area contributed by atoms with E-state index in [0.717, 1.165) is 24.4 Å². The zero-order valence-corrected chi connectivity index (χ0v) is 19.6. The van der Waals surface area contributed by atoms with E-state index in [1.165, 1.54) is 23.3 Å². The highest BCUT2D eigenvalue weighted by Crippen LogP contribution is 2.13. The van der Waals surface area contributed by atoms with Crippen LogP contribution in [0.4, 0.5) is 4.39 Å². The molecule has 1 aromatic heterocycles. The molecule has 7 heteroatoms. The molecule has 0 aliphatic rings. The number of nitrogens with one attached hydrogen (secondary N) is 2. The van der Waals surface area contributed by atoms with Crippen molar-refractivity contribution in [3.8, 4) is 0 Å². The maximum absolute atomic E-state index is 13.0. The highest BCUT2D eigenvalue weighted by Gasteiger charge is 2.08. The Morgan fingerprint density at radius 2 is 1.63 bits per heavy atom. The summed E-state index contributed by atoms with van der Waals surface area (Å²) in [7, 11) is 3.82. The van der Waals surface area contributed by atoms with Crippen LogP contribution in [0.3, 0.4) is 0 Å². The van der Waals surface area contributed by atoms with Crippen molar-refractivity contribution in [1.82, 2.24) is 15.5 Å². The van der Waals surface area contributed by atoms with E-state index < -0.39 is 0 Å². The number of furan rings is 1. The van der Waals surface area contributed by atoms with Gasteiger partial charge in [-0.1, -0.05) is 36.4 Å². The highest BCUT2D eigenvalue weighted by molar-refractivity contribution is 14.0. The van der Waals surface area contributed by atoms with Crippen molar-refractivity contribution in [1.29, 1.82) is 0 Å². The smallest absolute Gasteiger partial charge is 0.191 e. The summed E-state index contributed by atoms with van der Waals surface area (Å²) in [5.41, 5.74) is 3.46. The minimum Gasteiger partial charge on any atom is -0.468 e. The fraction of sp³-hybridized carbons (Fsp3) is 0.261. The first-order chi connectivity index (χ1) is 14.1. The molecule has 3 aromatic rings. The Hall–Kier alpha value is -2.39. The monoisotopic (exact) mass is 522 g/mol. The number of aliphatic imine (C=N–C) groups is 1. The SMILES string of the molecule is CN=C(NCc1ccc(F)cc1)NCc1ccccc1CN(C)Cc1ccco1.I. The van der Waals surface area contributed by atoms with E-state index in [4.69, 9.17) is 4.42 Å². The van der Waals surface area contributed by atoms with E-state index in [9.17, 15) is 4.39 Å². The van der Waals surface area contributed by atoms with Gasteiger partial charge >= 0.3 is 0 Å². The number of benzene rings is 2. The van der Waals surface area contributed by atoms with Gasteiger partial charge in [-0.3, -0.25) is 9.89 Å². The summed E-state index contributed by atoms with van der Waals surface area (Å²) in [6.07, 6.45) is 1.70. The molecule has 0 atom stereocenters. The van der Waals surface area contributed by atoms with Crippen molar-refractivity contribution in [3.05, 3.63) is 95.2 Å². The van der Waals surface area contributed by atoms with Crippen LogP contribution < -0.4 is 10.6 Å². The van der Waals surface area contributed by atoms with Crippen molar-refractivity contribution in [2.75, 3.05) is 14.1 Å². The van der Waals surface area contributed by atoms with Crippen LogP contribution in [0.5, 0.6) is 0 Å². The summed E-state index contributed by atoms with van der Waals surface area (Å²) in [5, 5.41) is 6.61. The Morgan fingerprint density at radius 1 is 0.933 bits per heavy atom. The summed E-state index contributed by atoms with van der Waals surface area (Å²) in [6.45, 7) is 2.82. The lowest BCUT2D eigenvalue weighted by Crippen LogP contribution is -2.36. The van der Waals surface area contributed by atoms with Crippen LogP contribution in [0.1, 0.15) is 22.5 Å².